The van der Waals surface area contributed by atoms with E-state index in [0.29, 0.717) is 19.1 Å². The molecule has 1 unspecified atom stereocenters. The first-order valence-electron chi connectivity index (χ1n) is 10.1. The van der Waals surface area contributed by atoms with Crippen molar-refractivity contribution in [1.82, 2.24) is 19.7 Å². The van der Waals surface area contributed by atoms with Gasteiger partial charge >= 0.3 is 0 Å². The van der Waals surface area contributed by atoms with Gasteiger partial charge in [0.1, 0.15) is 0 Å². The van der Waals surface area contributed by atoms with Crippen molar-refractivity contribution in [2.45, 2.75) is 37.7 Å². The summed E-state index contributed by atoms with van der Waals surface area (Å²) in [6.45, 7) is 10.1. The van der Waals surface area contributed by atoms with E-state index < -0.39 is 0 Å². The zero-order valence-corrected chi connectivity index (χ0v) is 17.9. The van der Waals surface area contributed by atoms with Crippen molar-refractivity contribution in [2.24, 2.45) is 5.92 Å². The molecule has 2 aromatic heterocycles. The van der Waals surface area contributed by atoms with Crippen LogP contribution in [-0.2, 0) is 11.3 Å². The van der Waals surface area contributed by atoms with Gasteiger partial charge in [0.15, 0.2) is 10.9 Å². The Bertz CT molecular complexity index is 990. The van der Waals surface area contributed by atoms with Gasteiger partial charge in [0, 0.05) is 42.3 Å². The van der Waals surface area contributed by atoms with Gasteiger partial charge in [-0.05, 0) is 18.9 Å². The Hall–Kier alpha value is -2.32. The molecule has 7 nitrogen and oxygen atoms in total. The number of nitrogens with one attached hydrogen (secondary N) is 1. The van der Waals surface area contributed by atoms with E-state index in [9.17, 15) is 4.79 Å². The lowest BCUT2D eigenvalue weighted by Crippen LogP contribution is -2.38. The number of morpholine rings is 1. The second-order valence-corrected chi connectivity index (χ2v) is 9.07. The van der Waals surface area contributed by atoms with Gasteiger partial charge in [0.25, 0.3) is 0 Å². The van der Waals surface area contributed by atoms with Crippen LogP contribution in [0.2, 0.25) is 0 Å². The molecule has 0 bridgehead atoms. The van der Waals surface area contributed by atoms with E-state index in [1.54, 1.807) is 0 Å². The van der Waals surface area contributed by atoms with Crippen molar-refractivity contribution < 1.29 is 9.53 Å². The lowest BCUT2D eigenvalue weighted by molar-refractivity contribution is 0.0995. The molecule has 3 aromatic rings. The summed E-state index contributed by atoms with van der Waals surface area (Å²) in [4.78, 5) is 18.5. The van der Waals surface area contributed by atoms with Crippen LogP contribution < -0.4 is 4.90 Å². The fraction of sp³-hybridized carbons (Fsp3) is 0.476. The van der Waals surface area contributed by atoms with Crippen molar-refractivity contribution in [3.05, 3.63) is 36.0 Å². The molecule has 29 heavy (non-hydrogen) atoms. The summed E-state index contributed by atoms with van der Waals surface area (Å²) in [5, 5.41) is 10.4. The van der Waals surface area contributed by atoms with Crippen LogP contribution in [-0.4, -0.2) is 57.1 Å². The molecule has 1 aliphatic rings. The average molecular weight is 414 g/mol. The van der Waals surface area contributed by atoms with Crippen LogP contribution in [0.5, 0.6) is 0 Å². The van der Waals surface area contributed by atoms with E-state index in [2.05, 4.69) is 38.5 Å². The molecule has 1 aromatic carbocycles. The lowest BCUT2D eigenvalue weighted by atomic mass is 10.1. The first-order valence-corrected chi connectivity index (χ1v) is 11.0. The zero-order valence-electron chi connectivity index (χ0n) is 17.1. The predicted molar refractivity (Wildman–Crippen MR) is 116 cm³/mol. The second-order valence-electron chi connectivity index (χ2n) is 7.76. The summed E-state index contributed by atoms with van der Waals surface area (Å²) in [6.07, 6.45) is 1.81. The number of hydrogen-bond acceptors (Lipinski definition) is 6. The minimum absolute atomic E-state index is 0.0967. The minimum Gasteiger partial charge on any atom is -0.378 e. The summed E-state index contributed by atoms with van der Waals surface area (Å²) in [7, 11) is 0. The zero-order chi connectivity index (χ0) is 20.4. The average Bonchev–Trinajstić information content (AvgIpc) is 3.32. The Morgan fingerprint density at radius 1 is 1.21 bits per heavy atom. The quantitative estimate of drug-likeness (QED) is 0.471. The molecular weight excluding hydrogens is 386 g/mol. The number of hydrogen-bond donors (Lipinski definition) is 1. The van der Waals surface area contributed by atoms with Crippen molar-refractivity contribution >= 4 is 34.4 Å². The molecule has 8 heteroatoms. The van der Waals surface area contributed by atoms with Crippen molar-refractivity contribution in [3.63, 3.8) is 0 Å². The van der Waals surface area contributed by atoms with Gasteiger partial charge in [-0.1, -0.05) is 43.8 Å². The van der Waals surface area contributed by atoms with Crippen LogP contribution >= 0.6 is 11.8 Å². The van der Waals surface area contributed by atoms with Gasteiger partial charge in [0.2, 0.25) is 5.95 Å². The molecule has 4 rings (SSSR count). The predicted octanol–water partition coefficient (Wildman–Crippen LogP) is 3.62. The molecule has 3 heterocycles. The van der Waals surface area contributed by atoms with Crippen LogP contribution in [0.15, 0.2) is 35.6 Å². The Kier molecular flexibility index (Phi) is 5.91. The number of aromatic nitrogens is 4. The third-order valence-electron chi connectivity index (χ3n) is 5.05. The van der Waals surface area contributed by atoms with Crippen LogP contribution in [0.4, 0.5) is 5.95 Å². The van der Waals surface area contributed by atoms with Gasteiger partial charge in [0.05, 0.1) is 18.5 Å². The van der Waals surface area contributed by atoms with E-state index in [-0.39, 0.29) is 11.0 Å². The molecule has 1 N–H and O–H groups in total. The van der Waals surface area contributed by atoms with Gasteiger partial charge < -0.3 is 14.6 Å². The third-order valence-corrected chi connectivity index (χ3v) is 6.13. The number of aromatic amines is 1. The number of rotatable bonds is 7. The molecule has 0 radical (unpaired) electrons. The van der Waals surface area contributed by atoms with E-state index in [1.807, 2.05) is 37.4 Å². The molecule has 154 valence electrons. The van der Waals surface area contributed by atoms with Gasteiger partial charge in [-0.25, -0.2) is 0 Å². The summed E-state index contributed by atoms with van der Waals surface area (Å²) >= 11 is 1.48. The van der Waals surface area contributed by atoms with Crippen molar-refractivity contribution in [2.75, 3.05) is 31.2 Å². The molecule has 1 fully saturated rings. The SMILES string of the molecule is CC(C)Cn1c(SC(C)C(=O)c2c[nH]c3ccccc23)nnc1N1CCOCC1. The molecular formula is C21H27N5O2S. The number of thioether (sulfide) groups is 1. The van der Waals surface area contributed by atoms with Gasteiger partial charge in [-0.2, -0.15) is 0 Å². The fourth-order valence-electron chi connectivity index (χ4n) is 3.60. The molecule has 0 amide bonds. The Balaban J connectivity index is 1.57. The second kappa shape index (κ2) is 8.59. The highest BCUT2D eigenvalue weighted by molar-refractivity contribution is 8.00. The van der Waals surface area contributed by atoms with Crippen molar-refractivity contribution in [1.29, 1.82) is 0 Å². The van der Waals surface area contributed by atoms with Crippen molar-refractivity contribution in [3.8, 4) is 0 Å². The molecule has 1 atom stereocenters. The number of ether oxygens (including phenoxy) is 1. The topological polar surface area (TPSA) is 76.0 Å². The van der Waals surface area contributed by atoms with E-state index >= 15 is 0 Å². The van der Waals surface area contributed by atoms with Crippen LogP contribution in [0, 0.1) is 5.92 Å². The number of anilines is 1. The number of Topliss-reactive ketones (excluding diaryl/α,β-unsaturated/α-hetero) is 1. The number of H-pyrrole nitrogens is 1. The number of benzene rings is 1. The molecule has 0 saturated carbocycles. The summed E-state index contributed by atoms with van der Waals surface area (Å²) in [5.41, 5.74) is 1.70. The Morgan fingerprint density at radius 2 is 1.97 bits per heavy atom. The number of ketones is 1. The Morgan fingerprint density at radius 3 is 2.72 bits per heavy atom. The normalized spacial score (nSPS) is 15.9. The van der Waals surface area contributed by atoms with Crippen LogP contribution in [0.3, 0.4) is 0 Å². The number of carbonyl (C=O) groups excluding carboxylic acids is 1. The number of nitrogens with zero attached hydrogens (tertiary/aromatic N) is 4. The minimum atomic E-state index is -0.262. The maximum Gasteiger partial charge on any atom is 0.228 e. The van der Waals surface area contributed by atoms with Crippen LogP contribution in [0.25, 0.3) is 10.9 Å². The first-order chi connectivity index (χ1) is 14.0. The first kappa shape index (κ1) is 20.0. The monoisotopic (exact) mass is 413 g/mol. The highest BCUT2D eigenvalue weighted by Crippen LogP contribution is 2.30. The highest BCUT2D eigenvalue weighted by Gasteiger charge is 2.25. The smallest absolute Gasteiger partial charge is 0.228 e. The highest BCUT2D eigenvalue weighted by atomic mass is 32.2. The lowest BCUT2D eigenvalue weighted by Gasteiger charge is -2.28. The summed E-state index contributed by atoms with van der Waals surface area (Å²) in [5.74, 6) is 1.42. The summed E-state index contributed by atoms with van der Waals surface area (Å²) < 4.78 is 7.62. The number of carbonyl (C=O) groups is 1. The molecule has 1 aliphatic heterocycles. The summed E-state index contributed by atoms with van der Waals surface area (Å²) in [6, 6.07) is 7.89. The largest absolute Gasteiger partial charge is 0.378 e. The fourth-order valence-corrected chi connectivity index (χ4v) is 4.52. The van der Waals surface area contributed by atoms with Gasteiger partial charge in [-0.3, -0.25) is 9.36 Å². The molecule has 0 aliphatic carbocycles. The maximum atomic E-state index is 13.1. The standard InChI is InChI=1S/C21H27N5O2S/c1-14(2)13-26-20(25-8-10-28-11-9-25)23-24-21(26)29-15(3)19(27)17-12-22-18-7-5-4-6-16(17)18/h4-7,12,14-15,22H,8-11,13H2,1-3H3. The van der Waals surface area contributed by atoms with Crippen LogP contribution in [0.1, 0.15) is 31.1 Å². The molecule has 1 saturated heterocycles. The third kappa shape index (κ3) is 4.18. The molecule has 0 spiro atoms. The van der Waals surface area contributed by atoms with E-state index in [0.717, 1.165) is 47.2 Å². The van der Waals surface area contributed by atoms with Gasteiger partial charge in [-0.15, -0.1) is 10.2 Å². The maximum absolute atomic E-state index is 13.1. The number of fused-ring (bicyclic) bond motifs is 1. The number of para-hydroxylation sites is 1. The Labute approximate surface area is 174 Å². The van der Waals surface area contributed by atoms with E-state index in [4.69, 9.17) is 4.74 Å². The van der Waals surface area contributed by atoms with E-state index in [1.165, 1.54) is 11.8 Å².